The maximum Gasteiger partial charge on any atom is 0.258 e. The summed E-state index contributed by atoms with van der Waals surface area (Å²) in [7, 11) is 1.63. The summed E-state index contributed by atoms with van der Waals surface area (Å²) in [6.45, 7) is 2.61. The van der Waals surface area contributed by atoms with E-state index in [1.807, 2.05) is 54.6 Å². The average Bonchev–Trinajstić information content (AvgIpc) is 3.23. The van der Waals surface area contributed by atoms with E-state index < -0.39 is 0 Å². The van der Waals surface area contributed by atoms with Crippen LogP contribution in [0.15, 0.2) is 77.3 Å². The molecule has 4 aromatic rings. The number of hydrogen-bond acceptors (Lipinski definition) is 5. The highest BCUT2D eigenvalue weighted by Gasteiger charge is 2.11. The number of benzene rings is 3. The van der Waals surface area contributed by atoms with Crippen LogP contribution >= 0.6 is 0 Å². The van der Waals surface area contributed by atoms with Crippen molar-refractivity contribution >= 4 is 0 Å². The van der Waals surface area contributed by atoms with Gasteiger partial charge in [0.2, 0.25) is 5.82 Å². The first-order valence-corrected chi connectivity index (χ1v) is 8.98. The van der Waals surface area contributed by atoms with Crippen LogP contribution in [0, 0.1) is 6.92 Å². The molecule has 1 heterocycles. The van der Waals surface area contributed by atoms with Crippen molar-refractivity contribution in [2.24, 2.45) is 0 Å². The number of aryl methyl sites for hydroxylation is 1. The highest BCUT2D eigenvalue weighted by molar-refractivity contribution is 5.60. The summed E-state index contributed by atoms with van der Waals surface area (Å²) in [5.41, 5.74) is 4.08. The van der Waals surface area contributed by atoms with Gasteiger partial charge in [-0.15, -0.1) is 0 Å². The van der Waals surface area contributed by atoms with Crippen molar-refractivity contribution in [2.45, 2.75) is 13.5 Å². The van der Waals surface area contributed by atoms with Crippen LogP contribution in [0.4, 0.5) is 0 Å². The van der Waals surface area contributed by atoms with E-state index >= 15 is 0 Å². The SMILES string of the molecule is COc1ccc(-c2nc(-c3ccc(OCc4cccc(C)c4)cc3)no2)cc1. The summed E-state index contributed by atoms with van der Waals surface area (Å²) in [5, 5.41) is 4.08. The van der Waals surface area contributed by atoms with E-state index in [1.165, 1.54) is 5.56 Å². The third-order valence-corrected chi connectivity index (χ3v) is 4.36. The Morgan fingerprint density at radius 2 is 1.57 bits per heavy atom. The summed E-state index contributed by atoms with van der Waals surface area (Å²) < 4.78 is 16.4. The van der Waals surface area contributed by atoms with Crippen molar-refractivity contribution in [2.75, 3.05) is 7.11 Å². The standard InChI is InChI=1S/C23H20N2O3/c1-16-4-3-5-17(14-16)15-27-21-12-6-18(7-13-21)22-24-23(28-25-22)19-8-10-20(26-2)11-9-19/h3-14H,15H2,1-2H3. The molecule has 0 atom stereocenters. The normalized spacial score (nSPS) is 10.6. The predicted molar refractivity (Wildman–Crippen MR) is 107 cm³/mol. The number of nitrogens with zero attached hydrogens (tertiary/aromatic N) is 2. The molecule has 0 fully saturated rings. The zero-order valence-corrected chi connectivity index (χ0v) is 15.8. The molecule has 0 aliphatic rings. The fourth-order valence-electron chi connectivity index (χ4n) is 2.86. The lowest BCUT2D eigenvalue weighted by atomic mass is 10.1. The summed E-state index contributed by atoms with van der Waals surface area (Å²) >= 11 is 0. The van der Waals surface area contributed by atoms with Gasteiger partial charge in [-0.1, -0.05) is 35.0 Å². The van der Waals surface area contributed by atoms with Gasteiger partial charge in [0.05, 0.1) is 7.11 Å². The Bertz CT molecular complexity index is 1050. The Labute approximate surface area is 163 Å². The maximum absolute atomic E-state index is 5.86. The van der Waals surface area contributed by atoms with Crippen molar-refractivity contribution < 1.29 is 14.0 Å². The summed E-state index contributed by atoms with van der Waals surface area (Å²) in [6.07, 6.45) is 0. The Morgan fingerprint density at radius 1 is 0.857 bits per heavy atom. The predicted octanol–water partition coefficient (Wildman–Crippen LogP) is 5.30. The van der Waals surface area contributed by atoms with Crippen LogP contribution in [0.25, 0.3) is 22.8 Å². The van der Waals surface area contributed by atoms with Gasteiger partial charge in [0.25, 0.3) is 5.89 Å². The Balaban J connectivity index is 1.44. The third kappa shape index (κ3) is 4.04. The summed E-state index contributed by atoms with van der Waals surface area (Å²) in [4.78, 5) is 4.48. The largest absolute Gasteiger partial charge is 0.497 e. The average molecular weight is 372 g/mol. The fourth-order valence-corrected chi connectivity index (χ4v) is 2.86. The summed E-state index contributed by atoms with van der Waals surface area (Å²) in [5.74, 6) is 2.59. The van der Waals surface area contributed by atoms with Crippen LogP contribution in [0.5, 0.6) is 11.5 Å². The number of hydrogen-bond donors (Lipinski definition) is 0. The molecule has 0 amide bonds. The Morgan fingerprint density at radius 3 is 2.29 bits per heavy atom. The second kappa shape index (κ2) is 7.96. The molecule has 0 N–H and O–H groups in total. The molecule has 0 saturated carbocycles. The smallest absolute Gasteiger partial charge is 0.258 e. The molecule has 5 heteroatoms. The molecule has 0 spiro atoms. The number of rotatable bonds is 6. The quantitative estimate of drug-likeness (QED) is 0.460. The number of methoxy groups -OCH3 is 1. The minimum atomic E-state index is 0.470. The lowest BCUT2D eigenvalue weighted by molar-refractivity contribution is 0.306. The van der Waals surface area contributed by atoms with Crippen molar-refractivity contribution in [3.63, 3.8) is 0 Å². The maximum atomic E-state index is 5.86. The third-order valence-electron chi connectivity index (χ3n) is 4.36. The zero-order chi connectivity index (χ0) is 19.3. The van der Waals surface area contributed by atoms with Gasteiger partial charge in [-0.25, -0.2) is 0 Å². The number of aromatic nitrogens is 2. The highest BCUT2D eigenvalue weighted by atomic mass is 16.5. The van der Waals surface area contributed by atoms with E-state index in [0.717, 1.165) is 28.2 Å². The molecular formula is C23H20N2O3. The van der Waals surface area contributed by atoms with Crippen LogP contribution in [-0.4, -0.2) is 17.3 Å². The van der Waals surface area contributed by atoms with Crippen LogP contribution < -0.4 is 9.47 Å². The van der Waals surface area contributed by atoms with Crippen molar-refractivity contribution in [3.05, 3.63) is 83.9 Å². The lowest BCUT2D eigenvalue weighted by Gasteiger charge is -2.07. The van der Waals surface area contributed by atoms with Gasteiger partial charge in [0.15, 0.2) is 0 Å². The molecule has 5 nitrogen and oxygen atoms in total. The van der Waals surface area contributed by atoms with Crippen LogP contribution in [0.1, 0.15) is 11.1 Å². The Hall–Kier alpha value is -3.60. The topological polar surface area (TPSA) is 57.4 Å². The minimum Gasteiger partial charge on any atom is -0.497 e. The van der Waals surface area contributed by atoms with Gasteiger partial charge >= 0.3 is 0 Å². The van der Waals surface area contributed by atoms with Crippen LogP contribution in [-0.2, 0) is 6.61 Å². The van der Waals surface area contributed by atoms with Crippen LogP contribution in [0.3, 0.4) is 0 Å². The van der Waals surface area contributed by atoms with E-state index in [9.17, 15) is 0 Å². The van der Waals surface area contributed by atoms with Gasteiger partial charge in [0, 0.05) is 11.1 Å². The summed E-state index contributed by atoms with van der Waals surface area (Å²) in [6, 6.07) is 23.5. The van der Waals surface area contributed by atoms with Crippen molar-refractivity contribution in [1.82, 2.24) is 10.1 Å². The molecule has 0 unspecified atom stereocenters. The molecule has 0 saturated heterocycles. The van der Waals surface area contributed by atoms with E-state index in [2.05, 4.69) is 35.3 Å². The van der Waals surface area contributed by atoms with Gasteiger partial charge in [0.1, 0.15) is 18.1 Å². The zero-order valence-electron chi connectivity index (χ0n) is 15.8. The molecule has 0 aliphatic carbocycles. The molecule has 0 bridgehead atoms. The lowest BCUT2D eigenvalue weighted by Crippen LogP contribution is -1.95. The molecular weight excluding hydrogens is 352 g/mol. The van der Waals surface area contributed by atoms with Crippen molar-refractivity contribution in [3.8, 4) is 34.3 Å². The minimum absolute atomic E-state index is 0.470. The second-order valence-electron chi connectivity index (χ2n) is 6.45. The van der Waals surface area contributed by atoms with Gasteiger partial charge in [-0.3, -0.25) is 0 Å². The van der Waals surface area contributed by atoms with Gasteiger partial charge in [-0.05, 0) is 61.0 Å². The van der Waals surface area contributed by atoms with E-state index in [0.29, 0.717) is 18.3 Å². The molecule has 140 valence electrons. The first-order chi connectivity index (χ1) is 13.7. The molecule has 1 aromatic heterocycles. The van der Waals surface area contributed by atoms with Crippen LogP contribution in [0.2, 0.25) is 0 Å². The monoisotopic (exact) mass is 372 g/mol. The van der Waals surface area contributed by atoms with E-state index in [-0.39, 0.29) is 0 Å². The fraction of sp³-hybridized carbons (Fsp3) is 0.130. The molecule has 0 radical (unpaired) electrons. The van der Waals surface area contributed by atoms with Crippen molar-refractivity contribution in [1.29, 1.82) is 0 Å². The first kappa shape index (κ1) is 17.8. The van der Waals surface area contributed by atoms with Gasteiger partial charge < -0.3 is 14.0 Å². The molecule has 28 heavy (non-hydrogen) atoms. The second-order valence-corrected chi connectivity index (χ2v) is 6.45. The highest BCUT2D eigenvalue weighted by Crippen LogP contribution is 2.25. The Kier molecular flexibility index (Phi) is 5.06. The molecule has 4 rings (SSSR count). The molecule has 0 aliphatic heterocycles. The first-order valence-electron chi connectivity index (χ1n) is 8.98. The van der Waals surface area contributed by atoms with Gasteiger partial charge in [-0.2, -0.15) is 4.98 Å². The van der Waals surface area contributed by atoms with E-state index in [1.54, 1.807) is 7.11 Å². The van der Waals surface area contributed by atoms with E-state index in [4.69, 9.17) is 14.0 Å². The molecule has 3 aromatic carbocycles. The number of ether oxygens (including phenoxy) is 2.